The van der Waals surface area contributed by atoms with Gasteiger partial charge in [-0.1, -0.05) is 17.7 Å². The van der Waals surface area contributed by atoms with Gasteiger partial charge in [0.25, 0.3) is 5.91 Å². The second kappa shape index (κ2) is 6.08. The van der Waals surface area contributed by atoms with E-state index >= 15 is 0 Å². The number of hydrazone groups is 1. The Kier molecular flexibility index (Phi) is 4.22. The summed E-state index contributed by atoms with van der Waals surface area (Å²) >= 11 is 5.89. The van der Waals surface area contributed by atoms with Crippen LogP contribution in [0.4, 0.5) is 0 Å². The van der Waals surface area contributed by atoms with Gasteiger partial charge in [0.15, 0.2) is 0 Å². The number of halogens is 1. The SMILES string of the molecule is O=C(N/N=C/c1c(O)cccc1Cl)c1ccc(O)cc1. The molecule has 2 aromatic rings. The molecule has 1 amide bonds. The summed E-state index contributed by atoms with van der Waals surface area (Å²) in [5.41, 5.74) is 2.97. The van der Waals surface area contributed by atoms with Crippen molar-refractivity contribution in [2.45, 2.75) is 0 Å². The number of aromatic hydroxyl groups is 2. The maximum atomic E-state index is 11.7. The van der Waals surface area contributed by atoms with Crippen LogP contribution in [-0.4, -0.2) is 22.3 Å². The fourth-order valence-electron chi connectivity index (χ4n) is 1.49. The van der Waals surface area contributed by atoms with Crippen LogP contribution in [0.1, 0.15) is 15.9 Å². The summed E-state index contributed by atoms with van der Waals surface area (Å²) in [6, 6.07) is 10.4. The second-order valence-corrected chi connectivity index (χ2v) is 4.33. The van der Waals surface area contributed by atoms with Crippen LogP contribution in [0, 0.1) is 0 Å². The highest BCUT2D eigenvalue weighted by Crippen LogP contribution is 2.22. The minimum Gasteiger partial charge on any atom is -0.508 e. The quantitative estimate of drug-likeness (QED) is 0.600. The zero-order valence-electron chi connectivity index (χ0n) is 10.2. The number of hydrogen-bond donors (Lipinski definition) is 3. The lowest BCUT2D eigenvalue weighted by Crippen LogP contribution is -2.17. The number of rotatable bonds is 3. The molecule has 2 rings (SSSR count). The third kappa shape index (κ3) is 3.27. The maximum Gasteiger partial charge on any atom is 0.271 e. The molecule has 0 bridgehead atoms. The molecule has 0 fully saturated rings. The smallest absolute Gasteiger partial charge is 0.271 e. The van der Waals surface area contributed by atoms with Crippen LogP contribution in [0.25, 0.3) is 0 Å². The van der Waals surface area contributed by atoms with E-state index < -0.39 is 5.91 Å². The first-order chi connectivity index (χ1) is 9.58. The third-order valence-corrected chi connectivity index (χ3v) is 2.85. The summed E-state index contributed by atoms with van der Waals surface area (Å²) in [5, 5.41) is 22.8. The molecule has 0 spiro atoms. The lowest BCUT2D eigenvalue weighted by atomic mass is 10.2. The summed E-state index contributed by atoms with van der Waals surface area (Å²) in [4.78, 5) is 11.7. The van der Waals surface area contributed by atoms with E-state index in [4.69, 9.17) is 16.7 Å². The molecule has 102 valence electrons. The van der Waals surface area contributed by atoms with Gasteiger partial charge in [-0.3, -0.25) is 4.79 Å². The number of hydrogen-bond acceptors (Lipinski definition) is 4. The Labute approximate surface area is 120 Å². The average Bonchev–Trinajstić information content (AvgIpc) is 2.42. The number of phenolic OH excluding ortho intramolecular Hbond substituents is 2. The monoisotopic (exact) mass is 290 g/mol. The van der Waals surface area contributed by atoms with Gasteiger partial charge in [0.05, 0.1) is 16.8 Å². The van der Waals surface area contributed by atoms with Gasteiger partial charge in [-0.15, -0.1) is 0 Å². The summed E-state index contributed by atoms with van der Waals surface area (Å²) in [6.45, 7) is 0. The average molecular weight is 291 g/mol. The number of carbonyl (C=O) groups is 1. The first-order valence-electron chi connectivity index (χ1n) is 5.68. The number of nitrogens with one attached hydrogen (secondary N) is 1. The molecule has 0 aliphatic rings. The van der Waals surface area contributed by atoms with E-state index in [1.807, 2.05) is 0 Å². The van der Waals surface area contributed by atoms with Crippen molar-refractivity contribution < 1.29 is 15.0 Å². The van der Waals surface area contributed by atoms with Crippen LogP contribution in [0.5, 0.6) is 11.5 Å². The molecule has 0 atom stereocenters. The fraction of sp³-hybridized carbons (Fsp3) is 0. The Balaban J connectivity index is 2.06. The standard InChI is InChI=1S/C14H11ClN2O3/c15-12-2-1-3-13(19)11(12)8-16-17-14(20)9-4-6-10(18)7-5-9/h1-8,18-19H,(H,17,20)/b16-8+. The molecule has 0 aliphatic carbocycles. The van der Waals surface area contributed by atoms with Gasteiger partial charge in [0, 0.05) is 5.56 Å². The van der Waals surface area contributed by atoms with Crippen LogP contribution in [0.2, 0.25) is 5.02 Å². The number of nitrogens with zero attached hydrogens (tertiary/aromatic N) is 1. The number of phenols is 2. The first-order valence-corrected chi connectivity index (χ1v) is 6.05. The zero-order valence-corrected chi connectivity index (χ0v) is 11.0. The van der Waals surface area contributed by atoms with Crippen LogP contribution in [0.3, 0.4) is 0 Å². The Morgan fingerprint density at radius 1 is 1.15 bits per heavy atom. The normalized spacial score (nSPS) is 10.7. The molecule has 6 heteroatoms. The van der Waals surface area contributed by atoms with Gasteiger partial charge in [-0.25, -0.2) is 5.43 Å². The summed E-state index contributed by atoms with van der Waals surface area (Å²) in [5.74, 6) is -0.390. The predicted molar refractivity (Wildman–Crippen MR) is 76.3 cm³/mol. The van der Waals surface area contributed by atoms with E-state index in [-0.39, 0.29) is 11.5 Å². The molecule has 0 radical (unpaired) electrons. The third-order valence-electron chi connectivity index (χ3n) is 2.52. The highest BCUT2D eigenvalue weighted by atomic mass is 35.5. The molecule has 5 nitrogen and oxygen atoms in total. The van der Waals surface area contributed by atoms with Gasteiger partial charge in [-0.2, -0.15) is 5.10 Å². The first kappa shape index (κ1) is 13.9. The van der Waals surface area contributed by atoms with Gasteiger partial charge < -0.3 is 10.2 Å². The summed E-state index contributed by atoms with van der Waals surface area (Å²) < 4.78 is 0. The van der Waals surface area contributed by atoms with Crippen molar-refractivity contribution in [1.29, 1.82) is 0 Å². The van der Waals surface area contributed by atoms with Crippen molar-refractivity contribution in [1.82, 2.24) is 5.43 Å². The minimum atomic E-state index is -0.437. The van der Waals surface area contributed by atoms with Crippen molar-refractivity contribution in [3.8, 4) is 11.5 Å². The molecule has 0 aromatic heterocycles. The number of amides is 1. The van der Waals surface area contributed by atoms with Crippen LogP contribution in [-0.2, 0) is 0 Å². The van der Waals surface area contributed by atoms with Gasteiger partial charge in [-0.05, 0) is 36.4 Å². The number of benzene rings is 2. The molecule has 0 aliphatic heterocycles. The Morgan fingerprint density at radius 3 is 2.50 bits per heavy atom. The zero-order chi connectivity index (χ0) is 14.5. The van der Waals surface area contributed by atoms with E-state index in [9.17, 15) is 9.90 Å². The van der Waals surface area contributed by atoms with E-state index in [0.717, 1.165) is 0 Å². The second-order valence-electron chi connectivity index (χ2n) is 3.92. The molecule has 0 saturated carbocycles. The molecular formula is C14H11ClN2O3. The van der Waals surface area contributed by atoms with E-state index in [2.05, 4.69) is 10.5 Å². The van der Waals surface area contributed by atoms with Crippen molar-refractivity contribution in [3.63, 3.8) is 0 Å². The van der Waals surface area contributed by atoms with Gasteiger partial charge in [0.2, 0.25) is 0 Å². The Hall–Kier alpha value is -2.53. The van der Waals surface area contributed by atoms with E-state index in [1.54, 1.807) is 12.1 Å². The van der Waals surface area contributed by atoms with Gasteiger partial charge in [0.1, 0.15) is 11.5 Å². The molecule has 0 unspecified atom stereocenters. The van der Waals surface area contributed by atoms with Crippen LogP contribution in [0.15, 0.2) is 47.6 Å². The van der Waals surface area contributed by atoms with Crippen molar-refractivity contribution >= 4 is 23.7 Å². The van der Waals surface area contributed by atoms with Crippen molar-refractivity contribution in [3.05, 3.63) is 58.6 Å². The minimum absolute atomic E-state index is 0.0277. The van der Waals surface area contributed by atoms with Crippen LogP contribution < -0.4 is 5.43 Å². The largest absolute Gasteiger partial charge is 0.508 e. The lowest BCUT2D eigenvalue weighted by Gasteiger charge is -2.02. The summed E-state index contributed by atoms with van der Waals surface area (Å²) in [7, 11) is 0. The summed E-state index contributed by atoms with van der Waals surface area (Å²) in [6.07, 6.45) is 1.26. The topological polar surface area (TPSA) is 81.9 Å². The highest BCUT2D eigenvalue weighted by molar-refractivity contribution is 6.33. The molecular weight excluding hydrogens is 280 g/mol. The lowest BCUT2D eigenvalue weighted by molar-refractivity contribution is 0.0955. The van der Waals surface area contributed by atoms with Crippen molar-refractivity contribution in [2.75, 3.05) is 0 Å². The number of carbonyl (C=O) groups excluding carboxylic acids is 1. The van der Waals surface area contributed by atoms with Crippen molar-refractivity contribution in [2.24, 2.45) is 5.10 Å². The molecule has 20 heavy (non-hydrogen) atoms. The Morgan fingerprint density at radius 2 is 1.85 bits per heavy atom. The molecule has 3 N–H and O–H groups in total. The molecule has 0 heterocycles. The maximum absolute atomic E-state index is 11.7. The molecule has 0 saturated heterocycles. The fourth-order valence-corrected chi connectivity index (χ4v) is 1.70. The van der Waals surface area contributed by atoms with E-state index in [1.165, 1.54) is 36.5 Å². The van der Waals surface area contributed by atoms with E-state index in [0.29, 0.717) is 16.1 Å². The highest BCUT2D eigenvalue weighted by Gasteiger charge is 2.05. The predicted octanol–water partition coefficient (Wildman–Crippen LogP) is 2.52. The van der Waals surface area contributed by atoms with Gasteiger partial charge >= 0.3 is 0 Å². The van der Waals surface area contributed by atoms with Crippen LogP contribution >= 0.6 is 11.6 Å². The Bertz CT molecular complexity index is 634. The molecule has 2 aromatic carbocycles.